The zero-order valence-electron chi connectivity index (χ0n) is 13.7. The average Bonchev–Trinajstić information content (AvgIpc) is 2.46. The summed E-state index contributed by atoms with van der Waals surface area (Å²) in [5.41, 5.74) is 0.0151. The molecular weight excluding hydrogens is 300 g/mol. The highest BCUT2D eigenvalue weighted by Gasteiger charge is 2.35. The van der Waals surface area contributed by atoms with Crippen molar-refractivity contribution in [1.29, 1.82) is 0 Å². The van der Waals surface area contributed by atoms with Crippen molar-refractivity contribution in [2.75, 3.05) is 13.1 Å². The van der Waals surface area contributed by atoms with Crippen LogP contribution in [0, 0.1) is 11.3 Å². The van der Waals surface area contributed by atoms with Gasteiger partial charge in [-0.3, -0.25) is 9.59 Å². The van der Waals surface area contributed by atoms with Gasteiger partial charge in [-0.2, -0.15) is 0 Å². The Hall–Kier alpha value is -1.55. The molecule has 0 radical (unpaired) electrons. The molecule has 0 aliphatic rings. The standard InChI is InChI=1S/C17H25ClN2O2/c1-12(2)11-20-16(22)17(3,4)15(21)19-10-9-13-5-7-14(18)8-6-13/h5-8,12H,9-11H2,1-4H3,(H,19,21)(H,20,22). The van der Waals surface area contributed by atoms with Crippen LogP contribution in [-0.4, -0.2) is 24.9 Å². The Bertz CT molecular complexity index is 510. The minimum absolute atomic E-state index is 0.245. The van der Waals surface area contributed by atoms with E-state index < -0.39 is 5.41 Å². The first-order chi connectivity index (χ1) is 10.2. The monoisotopic (exact) mass is 324 g/mol. The molecule has 0 unspecified atom stereocenters. The van der Waals surface area contributed by atoms with Crippen molar-refractivity contribution in [1.82, 2.24) is 10.6 Å². The molecule has 1 aromatic carbocycles. The summed E-state index contributed by atoms with van der Waals surface area (Å²) in [6.07, 6.45) is 0.701. The van der Waals surface area contributed by atoms with E-state index in [1.807, 2.05) is 38.1 Å². The molecule has 0 bridgehead atoms. The van der Waals surface area contributed by atoms with E-state index in [1.54, 1.807) is 13.8 Å². The highest BCUT2D eigenvalue weighted by atomic mass is 35.5. The van der Waals surface area contributed by atoms with Gasteiger partial charge in [0.05, 0.1) is 0 Å². The first-order valence-corrected chi connectivity index (χ1v) is 7.92. The number of hydrogen-bond donors (Lipinski definition) is 2. The number of hydrogen-bond acceptors (Lipinski definition) is 2. The maximum Gasteiger partial charge on any atom is 0.235 e. The molecular formula is C17H25ClN2O2. The molecule has 1 aromatic rings. The van der Waals surface area contributed by atoms with Gasteiger partial charge in [0.25, 0.3) is 0 Å². The van der Waals surface area contributed by atoms with Crippen LogP contribution in [0.4, 0.5) is 0 Å². The van der Waals surface area contributed by atoms with Gasteiger partial charge in [-0.1, -0.05) is 37.6 Å². The molecule has 0 aliphatic carbocycles. The Morgan fingerprint density at radius 1 is 1.09 bits per heavy atom. The molecule has 2 amide bonds. The largest absolute Gasteiger partial charge is 0.355 e. The highest BCUT2D eigenvalue weighted by Crippen LogP contribution is 2.16. The first-order valence-electron chi connectivity index (χ1n) is 7.54. The Kier molecular flexibility index (Phi) is 6.88. The molecule has 0 heterocycles. The van der Waals surface area contributed by atoms with Crippen LogP contribution < -0.4 is 10.6 Å². The Labute approximate surface area is 137 Å². The summed E-state index contributed by atoms with van der Waals surface area (Å²) in [6.45, 7) is 8.36. The molecule has 0 fully saturated rings. The number of benzene rings is 1. The Morgan fingerprint density at radius 3 is 2.18 bits per heavy atom. The summed E-state index contributed by atoms with van der Waals surface area (Å²) in [5, 5.41) is 6.32. The van der Waals surface area contributed by atoms with Crippen molar-refractivity contribution in [2.45, 2.75) is 34.1 Å². The van der Waals surface area contributed by atoms with Gasteiger partial charge in [0.15, 0.2) is 0 Å². The van der Waals surface area contributed by atoms with Gasteiger partial charge in [-0.25, -0.2) is 0 Å². The molecule has 5 heteroatoms. The topological polar surface area (TPSA) is 58.2 Å². The van der Waals surface area contributed by atoms with E-state index >= 15 is 0 Å². The third-order valence-electron chi connectivity index (χ3n) is 3.42. The molecule has 0 aliphatic heterocycles. The average molecular weight is 325 g/mol. The maximum atomic E-state index is 12.2. The lowest BCUT2D eigenvalue weighted by Gasteiger charge is -2.23. The van der Waals surface area contributed by atoms with E-state index in [-0.39, 0.29) is 11.8 Å². The van der Waals surface area contributed by atoms with Gasteiger partial charge in [0.2, 0.25) is 11.8 Å². The van der Waals surface area contributed by atoms with Gasteiger partial charge >= 0.3 is 0 Å². The second-order valence-electron chi connectivity index (χ2n) is 6.36. The van der Waals surface area contributed by atoms with Crippen molar-refractivity contribution in [3.8, 4) is 0 Å². The third-order valence-corrected chi connectivity index (χ3v) is 3.67. The molecule has 2 N–H and O–H groups in total. The minimum Gasteiger partial charge on any atom is -0.355 e. The van der Waals surface area contributed by atoms with Gasteiger partial charge in [0.1, 0.15) is 5.41 Å². The molecule has 22 heavy (non-hydrogen) atoms. The normalized spacial score (nSPS) is 11.4. The number of amides is 2. The second kappa shape index (κ2) is 8.18. The van der Waals surface area contributed by atoms with Crippen LogP contribution >= 0.6 is 11.6 Å². The lowest BCUT2D eigenvalue weighted by atomic mass is 9.90. The Morgan fingerprint density at radius 2 is 1.64 bits per heavy atom. The fourth-order valence-corrected chi connectivity index (χ4v) is 1.94. The van der Waals surface area contributed by atoms with Crippen molar-refractivity contribution in [2.24, 2.45) is 11.3 Å². The molecule has 0 spiro atoms. The van der Waals surface area contributed by atoms with E-state index in [0.717, 1.165) is 5.56 Å². The summed E-state index contributed by atoms with van der Waals surface area (Å²) in [5.74, 6) is -0.152. The van der Waals surface area contributed by atoms with Gasteiger partial charge in [-0.15, -0.1) is 0 Å². The second-order valence-corrected chi connectivity index (χ2v) is 6.80. The quantitative estimate of drug-likeness (QED) is 0.758. The molecule has 4 nitrogen and oxygen atoms in total. The van der Waals surface area contributed by atoms with Crippen LogP contribution in [0.1, 0.15) is 33.3 Å². The van der Waals surface area contributed by atoms with E-state index in [9.17, 15) is 9.59 Å². The predicted octanol–water partition coefficient (Wildman–Crippen LogP) is 2.80. The summed E-state index contributed by atoms with van der Waals surface area (Å²) in [4.78, 5) is 24.3. The zero-order valence-corrected chi connectivity index (χ0v) is 14.5. The van der Waals surface area contributed by atoms with E-state index in [2.05, 4.69) is 10.6 Å². The fourth-order valence-electron chi connectivity index (χ4n) is 1.81. The van der Waals surface area contributed by atoms with E-state index in [0.29, 0.717) is 30.5 Å². The molecule has 122 valence electrons. The summed E-state index contributed by atoms with van der Waals surface area (Å²) in [7, 11) is 0. The van der Waals surface area contributed by atoms with Crippen LogP contribution in [0.2, 0.25) is 5.02 Å². The minimum atomic E-state index is -1.07. The van der Waals surface area contributed by atoms with Crippen LogP contribution in [-0.2, 0) is 16.0 Å². The smallest absolute Gasteiger partial charge is 0.235 e. The number of carbonyl (C=O) groups excluding carboxylic acids is 2. The highest BCUT2D eigenvalue weighted by molar-refractivity contribution is 6.30. The van der Waals surface area contributed by atoms with Crippen LogP contribution in [0.3, 0.4) is 0 Å². The van der Waals surface area contributed by atoms with Crippen molar-refractivity contribution in [3.63, 3.8) is 0 Å². The van der Waals surface area contributed by atoms with Crippen LogP contribution in [0.5, 0.6) is 0 Å². The summed E-state index contributed by atoms with van der Waals surface area (Å²) in [6, 6.07) is 7.49. The van der Waals surface area contributed by atoms with Gasteiger partial charge in [-0.05, 0) is 43.9 Å². The molecule has 0 atom stereocenters. The van der Waals surface area contributed by atoms with Crippen molar-refractivity contribution >= 4 is 23.4 Å². The maximum absolute atomic E-state index is 12.2. The SMILES string of the molecule is CC(C)CNC(=O)C(C)(C)C(=O)NCCc1ccc(Cl)cc1. The third kappa shape index (κ3) is 5.68. The molecule has 0 saturated heterocycles. The summed E-state index contributed by atoms with van der Waals surface area (Å²) < 4.78 is 0. The predicted molar refractivity (Wildman–Crippen MR) is 89.8 cm³/mol. The lowest BCUT2D eigenvalue weighted by molar-refractivity contribution is -0.141. The number of rotatable bonds is 7. The Balaban J connectivity index is 2.45. The number of carbonyl (C=O) groups is 2. The lowest BCUT2D eigenvalue weighted by Crippen LogP contribution is -2.48. The van der Waals surface area contributed by atoms with E-state index in [4.69, 9.17) is 11.6 Å². The van der Waals surface area contributed by atoms with E-state index in [1.165, 1.54) is 0 Å². The van der Waals surface area contributed by atoms with Gasteiger partial charge in [0, 0.05) is 18.1 Å². The van der Waals surface area contributed by atoms with Crippen LogP contribution in [0.15, 0.2) is 24.3 Å². The molecule has 1 rings (SSSR count). The van der Waals surface area contributed by atoms with Crippen molar-refractivity contribution in [3.05, 3.63) is 34.9 Å². The fraction of sp³-hybridized carbons (Fsp3) is 0.529. The number of nitrogens with one attached hydrogen (secondary N) is 2. The van der Waals surface area contributed by atoms with Gasteiger partial charge < -0.3 is 10.6 Å². The van der Waals surface area contributed by atoms with Crippen LogP contribution in [0.25, 0.3) is 0 Å². The molecule has 0 aromatic heterocycles. The molecule has 0 saturated carbocycles. The van der Waals surface area contributed by atoms with Crippen molar-refractivity contribution < 1.29 is 9.59 Å². The number of halogens is 1. The summed E-state index contributed by atoms with van der Waals surface area (Å²) >= 11 is 5.83. The zero-order chi connectivity index (χ0) is 16.8. The first kappa shape index (κ1) is 18.5.